The fourth-order valence-electron chi connectivity index (χ4n) is 7.30. The SMILES string of the molecule is COC(=O)[C@H]1O[C@@H](OC(=O)Nc2ccccc2CN(C)C(=O)n2ccc3c(-c4cnn([C@H](CC#N)C5CCCC5)c4)ncnc32)[C@H](O)[C@@H](OC(C)=O)[C@@H]1OC(C)=O. The lowest BCUT2D eigenvalue weighted by molar-refractivity contribution is -0.284. The zero-order valence-electron chi connectivity index (χ0n) is 31.6. The number of nitrogens with one attached hydrogen (secondary N) is 1. The van der Waals surface area contributed by atoms with Gasteiger partial charge in [-0.25, -0.2) is 24.4 Å². The molecule has 0 bridgehead atoms. The minimum absolute atomic E-state index is 0.00663. The van der Waals surface area contributed by atoms with Gasteiger partial charge in [0.15, 0.2) is 30.1 Å². The van der Waals surface area contributed by atoms with Crippen LogP contribution < -0.4 is 5.32 Å². The van der Waals surface area contributed by atoms with Gasteiger partial charge in [-0.05, 0) is 36.5 Å². The van der Waals surface area contributed by atoms with Crippen LogP contribution in [0, 0.1) is 17.2 Å². The van der Waals surface area contributed by atoms with E-state index in [1.54, 1.807) is 49.8 Å². The molecule has 0 unspecified atom stereocenters. The van der Waals surface area contributed by atoms with Crippen molar-refractivity contribution < 1.29 is 52.8 Å². The number of esters is 3. The lowest BCUT2D eigenvalue weighted by Gasteiger charge is -2.41. The van der Waals surface area contributed by atoms with E-state index in [-0.39, 0.29) is 18.3 Å². The molecule has 1 aliphatic heterocycles. The van der Waals surface area contributed by atoms with Crippen LogP contribution in [0.1, 0.15) is 57.6 Å². The number of rotatable bonds is 11. The van der Waals surface area contributed by atoms with Crippen molar-refractivity contribution in [3.8, 4) is 17.3 Å². The number of nitrogens with zero attached hydrogens (tertiary/aromatic N) is 7. The number of amides is 2. The largest absolute Gasteiger partial charge is 0.467 e. The number of anilines is 1. The second-order valence-electron chi connectivity index (χ2n) is 13.7. The molecule has 2 fully saturated rings. The van der Waals surface area contributed by atoms with Crippen molar-refractivity contribution in [2.75, 3.05) is 19.5 Å². The van der Waals surface area contributed by atoms with E-state index < -0.39 is 60.7 Å². The number of carbonyl (C=O) groups is 5. The van der Waals surface area contributed by atoms with E-state index in [2.05, 4.69) is 26.5 Å². The van der Waals surface area contributed by atoms with Crippen LogP contribution in [0.25, 0.3) is 22.3 Å². The summed E-state index contributed by atoms with van der Waals surface area (Å²) in [6.45, 7) is 2.08. The summed E-state index contributed by atoms with van der Waals surface area (Å²) in [4.78, 5) is 73.6. The van der Waals surface area contributed by atoms with Crippen molar-refractivity contribution in [3.05, 3.63) is 60.8 Å². The summed E-state index contributed by atoms with van der Waals surface area (Å²) in [6, 6.07) is 10.1. The van der Waals surface area contributed by atoms with E-state index >= 15 is 0 Å². The number of nitriles is 1. The number of aromatic nitrogens is 5. The number of fused-ring (bicyclic) bond motifs is 1. The molecule has 19 heteroatoms. The Labute approximate surface area is 326 Å². The number of hydrogen-bond acceptors (Lipinski definition) is 15. The van der Waals surface area contributed by atoms with Gasteiger partial charge in [0.2, 0.25) is 6.29 Å². The molecule has 1 saturated carbocycles. The Hall–Kier alpha value is -6.39. The summed E-state index contributed by atoms with van der Waals surface area (Å²) in [7, 11) is 2.61. The van der Waals surface area contributed by atoms with Gasteiger partial charge >= 0.3 is 30.0 Å². The highest BCUT2D eigenvalue weighted by atomic mass is 16.7. The zero-order chi connectivity index (χ0) is 40.8. The molecule has 300 valence electrons. The molecule has 0 radical (unpaired) electrons. The van der Waals surface area contributed by atoms with E-state index in [1.807, 2.05) is 10.9 Å². The minimum atomic E-state index is -1.89. The van der Waals surface area contributed by atoms with Crippen LogP contribution in [0.15, 0.2) is 55.2 Å². The van der Waals surface area contributed by atoms with E-state index in [0.29, 0.717) is 34.6 Å². The van der Waals surface area contributed by atoms with Crippen LogP contribution in [-0.2, 0) is 44.6 Å². The summed E-state index contributed by atoms with van der Waals surface area (Å²) < 4.78 is 29.1. The van der Waals surface area contributed by atoms with Gasteiger partial charge in [-0.3, -0.25) is 24.2 Å². The predicted octanol–water partition coefficient (Wildman–Crippen LogP) is 3.71. The van der Waals surface area contributed by atoms with E-state index in [9.17, 15) is 34.3 Å². The van der Waals surface area contributed by atoms with Crippen molar-refractivity contribution in [2.24, 2.45) is 5.92 Å². The molecule has 6 atom stereocenters. The van der Waals surface area contributed by atoms with E-state index in [4.69, 9.17) is 23.7 Å². The fourth-order valence-corrected chi connectivity index (χ4v) is 7.30. The second-order valence-corrected chi connectivity index (χ2v) is 13.7. The summed E-state index contributed by atoms with van der Waals surface area (Å²) in [5, 5.41) is 28.3. The van der Waals surface area contributed by atoms with Crippen molar-refractivity contribution in [3.63, 3.8) is 0 Å². The molecule has 2 N–H and O–H groups in total. The molecular formula is C38H42N8O11. The summed E-state index contributed by atoms with van der Waals surface area (Å²) >= 11 is 0. The Morgan fingerprint density at radius 1 is 1.05 bits per heavy atom. The highest BCUT2D eigenvalue weighted by Gasteiger charge is 2.54. The first-order valence-electron chi connectivity index (χ1n) is 18.2. The number of methoxy groups -OCH3 is 1. The number of benzene rings is 1. The maximum atomic E-state index is 13.8. The van der Waals surface area contributed by atoms with Crippen LogP contribution >= 0.6 is 0 Å². The molecule has 1 aromatic carbocycles. The Bertz CT molecular complexity index is 2170. The van der Waals surface area contributed by atoms with Crippen LogP contribution in [0.3, 0.4) is 0 Å². The number of aliphatic hydroxyl groups excluding tert-OH is 1. The number of hydrogen-bond donors (Lipinski definition) is 2. The number of aliphatic hydroxyl groups is 1. The molecule has 57 heavy (non-hydrogen) atoms. The number of carbonyl (C=O) groups excluding carboxylic acids is 5. The number of ether oxygens (including phenoxy) is 5. The lowest BCUT2D eigenvalue weighted by atomic mass is 9.96. The van der Waals surface area contributed by atoms with E-state index in [1.165, 1.54) is 15.8 Å². The molecular weight excluding hydrogens is 744 g/mol. The second kappa shape index (κ2) is 17.6. The van der Waals surface area contributed by atoms with Gasteiger partial charge < -0.3 is 33.7 Å². The van der Waals surface area contributed by atoms with Gasteiger partial charge in [0, 0.05) is 56.5 Å². The van der Waals surface area contributed by atoms with Crippen LogP contribution in [0.5, 0.6) is 0 Å². The Morgan fingerprint density at radius 3 is 2.47 bits per heavy atom. The maximum Gasteiger partial charge on any atom is 0.414 e. The monoisotopic (exact) mass is 786 g/mol. The minimum Gasteiger partial charge on any atom is -0.467 e. The van der Waals surface area contributed by atoms with Crippen molar-refractivity contribution in [2.45, 2.75) is 89.2 Å². The van der Waals surface area contributed by atoms with Crippen molar-refractivity contribution in [1.82, 2.24) is 29.2 Å². The maximum absolute atomic E-state index is 13.8. The van der Waals surface area contributed by atoms with Gasteiger partial charge in [-0.1, -0.05) is 31.0 Å². The highest BCUT2D eigenvalue weighted by molar-refractivity contribution is 5.96. The Balaban J connectivity index is 1.16. The summed E-state index contributed by atoms with van der Waals surface area (Å²) in [5.74, 6) is -2.42. The lowest BCUT2D eigenvalue weighted by Crippen LogP contribution is -2.63. The third-order valence-corrected chi connectivity index (χ3v) is 9.91. The molecule has 19 nitrogen and oxygen atoms in total. The smallest absolute Gasteiger partial charge is 0.414 e. The van der Waals surface area contributed by atoms with Crippen molar-refractivity contribution in [1.29, 1.82) is 5.26 Å². The molecule has 2 amide bonds. The first-order valence-corrected chi connectivity index (χ1v) is 18.2. The molecule has 0 spiro atoms. The van der Waals surface area contributed by atoms with Gasteiger partial charge in [0.1, 0.15) is 6.33 Å². The molecule has 2 aliphatic rings. The molecule has 3 aromatic heterocycles. The third kappa shape index (κ3) is 8.87. The number of para-hydroxylation sites is 1. The predicted molar refractivity (Wildman–Crippen MR) is 197 cm³/mol. The van der Waals surface area contributed by atoms with Gasteiger partial charge in [-0.15, -0.1) is 0 Å². The topological polar surface area (TPSA) is 239 Å². The van der Waals surface area contributed by atoms with Crippen LogP contribution in [0.2, 0.25) is 0 Å². The summed E-state index contributed by atoms with van der Waals surface area (Å²) in [6.07, 6.45) is 1.39. The molecule has 4 heterocycles. The average molecular weight is 787 g/mol. The quantitative estimate of drug-likeness (QED) is 0.163. The molecule has 4 aromatic rings. The van der Waals surface area contributed by atoms with Gasteiger partial charge in [0.25, 0.3) is 0 Å². The van der Waals surface area contributed by atoms with E-state index in [0.717, 1.165) is 52.2 Å². The average Bonchev–Trinajstić information content (AvgIpc) is 3.98. The Morgan fingerprint density at radius 2 is 1.77 bits per heavy atom. The highest BCUT2D eigenvalue weighted by Crippen LogP contribution is 2.37. The Kier molecular flexibility index (Phi) is 12.4. The van der Waals surface area contributed by atoms with Crippen molar-refractivity contribution >= 4 is 46.8 Å². The fraction of sp³-hybridized carbons (Fsp3) is 0.447. The van der Waals surface area contributed by atoms with Gasteiger partial charge in [0.05, 0.1) is 37.5 Å². The molecule has 1 saturated heterocycles. The van der Waals surface area contributed by atoms with Crippen LogP contribution in [0.4, 0.5) is 15.3 Å². The molecule has 1 aliphatic carbocycles. The van der Waals surface area contributed by atoms with Gasteiger partial charge in [-0.2, -0.15) is 10.4 Å². The third-order valence-electron chi connectivity index (χ3n) is 9.91. The first kappa shape index (κ1) is 40.3. The standard InChI is InChI=1S/C38H42N8O11/c1-21(47)54-31-30(49)36(56-33(35(50)53-4)32(31)55-22(2)48)57-37(51)43-27-12-8-7-11-24(27)18-44(3)38(52)45-16-14-26-29(40-20-41-34(26)45)25-17-42-46(19-25)28(13-15-39)23-9-5-6-10-23/h7-8,11-12,14,16-17,19-20,23,28,30-33,36,49H,5-6,9-10,13,18H2,1-4H3,(H,43,51)/t28-,30-,31-,32+,33+,36+/m1/s1. The zero-order valence-corrected chi connectivity index (χ0v) is 31.6. The van der Waals surface area contributed by atoms with Crippen LogP contribution in [-0.4, -0.2) is 109 Å². The summed E-state index contributed by atoms with van der Waals surface area (Å²) in [5.41, 5.74) is 2.40. The molecule has 6 rings (SSSR count). The first-order chi connectivity index (χ1) is 27.4. The normalized spacial score (nSPS) is 21.2.